The molecule has 2 amide bonds. The van der Waals surface area contributed by atoms with Crippen LogP contribution >= 0.6 is 11.6 Å². The van der Waals surface area contributed by atoms with Crippen LogP contribution in [-0.2, 0) is 9.59 Å². The van der Waals surface area contributed by atoms with E-state index in [1.807, 2.05) is 31.2 Å². The van der Waals surface area contributed by atoms with E-state index in [0.717, 1.165) is 24.9 Å². The van der Waals surface area contributed by atoms with E-state index in [1.165, 1.54) is 4.90 Å². The van der Waals surface area contributed by atoms with Gasteiger partial charge >= 0.3 is 0 Å². The van der Waals surface area contributed by atoms with E-state index in [9.17, 15) is 14.4 Å². The molecule has 0 spiro atoms. The van der Waals surface area contributed by atoms with Crippen LogP contribution in [0.5, 0.6) is 0 Å². The van der Waals surface area contributed by atoms with Crippen LogP contribution in [0.4, 0.5) is 5.69 Å². The molecule has 4 unspecified atom stereocenters. The van der Waals surface area contributed by atoms with Gasteiger partial charge in [0.25, 0.3) is 0 Å². The fraction of sp³-hybridized carbons (Fsp3) is 0.348. The highest BCUT2D eigenvalue weighted by Gasteiger charge is 2.64. The number of aryl methyl sites for hydroxylation is 1. The quantitative estimate of drug-likeness (QED) is 0.576. The third-order valence-corrected chi connectivity index (χ3v) is 6.79. The lowest BCUT2D eigenvalue weighted by atomic mass is 9.85. The number of rotatable bonds is 3. The van der Waals surface area contributed by atoms with Crippen LogP contribution in [0.3, 0.4) is 0 Å². The lowest BCUT2D eigenvalue weighted by Crippen LogP contribution is -2.46. The number of fused-ring (bicyclic) bond motifs is 3. The minimum Gasteiger partial charge on any atom is -0.292 e. The first-order valence-corrected chi connectivity index (χ1v) is 10.3. The third kappa shape index (κ3) is 2.75. The molecule has 0 saturated carbocycles. The van der Waals surface area contributed by atoms with Crippen molar-refractivity contribution in [2.45, 2.75) is 31.8 Å². The molecule has 0 aliphatic carbocycles. The predicted molar refractivity (Wildman–Crippen MR) is 110 cm³/mol. The molecule has 3 saturated heterocycles. The molecular weight excluding hydrogens is 388 g/mol. The first-order valence-electron chi connectivity index (χ1n) is 9.97. The summed E-state index contributed by atoms with van der Waals surface area (Å²) in [6.07, 6.45) is 1.78. The van der Waals surface area contributed by atoms with E-state index in [4.69, 9.17) is 11.6 Å². The minimum absolute atomic E-state index is 0.0480. The Kier molecular flexibility index (Phi) is 4.33. The van der Waals surface area contributed by atoms with Crippen molar-refractivity contribution in [2.24, 2.45) is 11.8 Å². The summed E-state index contributed by atoms with van der Waals surface area (Å²) in [7, 11) is 0. The average Bonchev–Trinajstić information content (AvgIpc) is 3.35. The van der Waals surface area contributed by atoms with E-state index in [0.29, 0.717) is 16.3 Å². The van der Waals surface area contributed by atoms with Gasteiger partial charge in [0.05, 0.1) is 23.6 Å². The topological polar surface area (TPSA) is 57.7 Å². The highest BCUT2D eigenvalue weighted by atomic mass is 35.5. The van der Waals surface area contributed by atoms with Crippen molar-refractivity contribution in [3.63, 3.8) is 0 Å². The highest BCUT2D eigenvalue weighted by molar-refractivity contribution is 6.31. The Balaban J connectivity index is 1.54. The molecule has 3 aliphatic heterocycles. The van der Waals surface area contributed by atoms with Crippen molar-refractivity contribution in [3.05, 3.63) is 64.7 Å². The first-order chi connectivity index (χ1) is 14.0. The Hall–Kier alpha value is -2.50. The number of nitrogens with zero attached hydrogens (tertiary/aromatic N) is 2. The van der Waals surface area contributed by atoms with Crippen LogP contribution in [0, 0.1) is 18.8 Å². The summed E-state index contributed by atoms with van der Waals surface area (Å²) in [6.45, 7) is 2.72. The van der Waals surface area contributed by atoms with Crippen LogP contribution in [0.15, 0.2) is 48.5 Å². The van der Waals surface area contributed by atoms with E-state index in [1.54, 1.807) is 24.3 Å². The van der Waals surface area contributed by atoms with Gasteiger partial charge < -0.3 is 0 Å². The van der Waals surface area contributed by atoms with E-state index >= 15 is 0 Å². The van der Waals surface area contributed by atoms with Crippen LogP contribution in [0.25, 0.3) is 0 Å². The number of amides is 2. The predicted octanol–water partition coefficient (Wildman–Crippen LogP) is 3.48. The number of imide groups is 1. The zero-order valence-corrected chi connectivity index (χ0v) is 16.8. The number of ketones is 1. The first kappa shape index (κ1) is 18.5. The molecule has 29 heavy (non-hydrogen) atoms. The molecule has 148 valence electrons. The van der Waals surface area contributed by atoms with Gasteiger partial charge in [-0.25, -0.2) is 4.90 Å². The molecule has 0 bridgehead atoms. The minimum atomic E-state index is -0.628. The summed E-state index contributed by atoms with van der Waals surface area (Å²) in [4.78, 5) is 43.5. The van der Waals surface area contributed by atoms with Crippen molar-refractivity contribution < 1.29 is 14.4 Å². The summed E-state index contributed by atoms with van der Waals surface area (Å²) < 4.78 is 0. The number of hydrogen-bond donors (Lipinski definition) is 0. The summed E-state index contributed by atoms with van der Waals surface area (Å²) in [5.41, 5.74) is 2.19. The van der Waals surface area contributed by atoms with Gasteiger partial charge in [-0.2, -0.15) is 0 Å². The highest BCUT2D eigenvalue weighted by Crippen LogP contribution is 2.48. The Morgan fingerprint density at radius 3 is 2.31 bits per heavy atom. The molecule has 0 aromatic heterocycles. The summed E-state index contributed by atoms with van der Waals surface area (Å²) in [5, 5.41) is 0.544. The Labute approximate surface area is 174 Å². The van der Waals surface area contributed by atoms with E-state index in [-0.39, 0.29) is 23.6 Å². The maximum absolute atomic E-state index is 13.4. The molecule has 2 aromatic carbocycles. The largest absolute Gasteiger partial charge is 0.292 e. The fourth-order valence-corrected chi connectivity index (χ4v) is 5.37. The smallest absolute Gasteiger partial charge is 0.239 e. The molecule has 3 heterocycles. The molecular formula is C23H21ClN2O3. The summed E-state index contributed by atoms with van der Waals surface area (Å²) in [5.74, 6) is -1.62. The van der Waals surface area contributed by atoms with Crippen molar-refractivity contribution >= 4 is 34.9 Å². The summed E-state index contributed by atoms with van der Waals surface area (Å²) >= 11 is 5.96. The van der Waals surface area contributed by atoms with Crippen molar-refractivity contribution in [3.8, 4) is 0 Å². The second kappa shape index (κ2) is 6.78. The number of Topliss-reactive ketones (excluding diaryl/α,β-unsaturated/α-hetero) is 1. The number of hydrogen-bond acceptors (Lipinski definition) is 4. The van der Waals surface area contributed by atoms with Gasteiger partial charge in [0.15, 0.2) is 5.78 Å². The van der Waals surface area contributed by atoms with Gasteiger partial charge in [-0.05, 0) is 50.6 Å². The second-order valence-corrected chi connectivity index (χ2v) is 8.60. The lowest BCUT2D eigenvalue weighted by Gasteiger charge is -2.27. The monoisotopic (exact) mass is 408 g/mol. The molecule has 4 atom stereocenters. The zero-order chi connectivity index (χ0) is 20.3. The fourth-order valence-electron chi connectivity index (χ4n) is 5.25. The van der Waals surface area contributed by atoms with Gasteiger partial charge in [0.2, 0.25) is 11.8 Å². The van der Waals surface area contributed by atoms with Gasteiger partial charge in [0.1, 0.15) is 0 Å². The number of anilines is 1. The maximum Gasteiger partial charge on any atom is 0.239 e. The van der Waals surface area contributed by atoms with Gasteiger partial charge in [-0.3, -0.25) is 19.3 Å². The van der Waals surface area contributed by atoms with Crippen LogP contribution in [0.2, 0.25) is 5.02 Å². The average molecular weight is 409 g/mol. The molecule has 5 rings (SSSR count). The molecule has 0 radical (unpaired) electrons. The molecule has 3 fully saturated rings. The Bertz CT molecular complexity index is 1000. The van der Waals surface area contributed by atoms with Gasteiger partial charge in [0, 0.05) is 16.6 Å². The number of benzene rings is 2. The van der Waals surface area contributed by atoms with Crippen LogP contribution < -0.4 is 4.90 Å². The molecule has 5 nitrogen and oxygen atoms in total. The van der Waals surface area contributed by atoms with E-state index in [2.05, 4.69) is 4.90 Å². The third-order valence-electron chi connectivity index (χ3n) is 6.54. The Morgan fingerprint density at radius 1 is 0.966 bits per heavy atom. The normalized spacial score (nSPS) is 28.7. The standard InChI is InChI=1S/C23H21ClN2O3/c1-13-4-6-14(7-5-13)21(27)20-19-18(17-3-2-12-25(17)20)22(28)26(23(19)29)16-10-8-15(24)9-11-16/h4-11,17-20H,2-3,12H2,1H3. The second-order valence-electron chi connectivity index (χ2n) is 8.16. The molecule has 2 aromatic rings. The molecule has 3 aliphatic rings. The zero-order valence-electron chi connectivity index (χ0n) is 16.0. The summed E-state index contributed by atoms with van der Waals surface area (Å²) in [6, 6.07) is 13.5. The van der Waals surface area contributed by atoms with Crippen molar-refractivity contribution in [1.29, 1.82) is 0 Å². The van der Waals surface area contributed by atoms with Crippen LogP contribution in [0.1, 0.15) is 28.8 Å². The van der Waals surface area contributed by atoms with Crippen molar-refractivity contribution in [1.82, 2.24) is 4.90 Å². The van der Waals surface area contributed by atoms with Gasteiger partial charge in [-0.15, -0.1) is 0 Å². The SMILES string of the molecule is Cc1ccc(C(=O)C2C3C(=O)N(c4ccc(Cl)cc4)C(=O)C3C3CCCN32)cc1. The van der Waals surface area contributed by atoms with E-state index < -0.39 is 17.9 Å². The van der Waals surface area contributed by atoms with Crippen LogP contribution in [-0.4, -0.2) is 41.1 Å². The number of carbonyl (C=O) groups is 3. The number of carbonyl (C=O) groups excluding carboxylic acids is 3. The molecule has 0 N–H and O–H groups in total. The van der Waals surface area contributed by atoms with Crippen molar-refractivity contribution in [2.75, 3.05) is 11.4 Å². The number of halogens is 1. The molecule has 6 heteroatoms. The lowest BCUT2D eigenvalue weighted by molar-refractivity contribution is -0.123. The maximum atomic E-state index is 13.4. The van der Waals surface area contributed by atoms with Gasteiger partial charge in [-0.1, -0.05) is 41.4 Å². The Morgan fingerprint density at radius 2 is 1.62 bits per heavy atom.